The first kappa shape index (κ1) is 19.0. The molecule has 0 unspecified atom stereocenters. The molecule has 0 bridgehead atoms. The van der Waals surface area contributed by atoms with Gasteiger partial charge in [-0.05, 0) is 42.0 Å². The van der Waals surface area contributed by atoms with Crippen molar-refractivity contribution in [1.29, 1.82) is 0 Å². The van der Waals surface area contributed by atoms with Gasteiger partial charge in [-0.1, -0.05) is 48.5 Å². The Morgan fingerprint density at radius 1 is 1.00 bits per heavy atom. The SMILES string of the molecule is O=C(NC(=S)Nc1cccc(OCc2ccccc2)c1)c1nc2ccccc2s1. The van der Waals surface area contributed by atoms with Crippen LogP contribution in [0.5, 0.6) is 5.75 Å². The maximum absolute atomic E-state index is 12.4. The van der Waals surface area contributed by atoms with Gasteiger partial charge in [-0.15, -0.1) is 11.3 Å². The number of thiocarbonyl (C=S) groups is 1. The largest absolute Gasteiger partial charge is 0.489 e. The average Bonchev–Trinajstić information content (AvgIpc) is 3.18. The summed E-state index contributed by atoms with van der Waals surface area (Å²) in [7, 11) is 0. The van der Waals surface area contributed by atoms with Crippen LogP contribution in [0.2, 0.25) is 0 Å². The van der Waals surface area contributed by atoms with E-state index in [4.69, 9.17) is 17.0 Å². The quantitative estimate of drug-likeness (QED) is 0.446. The van der Waals surface area contributed by atoms with E-state index in [1.807, 2.05) is 78.9 Å². The summed E-state index contributed by atoms with van der Waals surface area (Å²) < 4.78 is 6.78. The summed E-state index contributed by atoms with van der Waals surface area (Å²) in [4.78, 5) is 16.8. The molecule has 0 radical (unpaired) electrons. The van der Waals surface area contributed by atoms with Crippen molar-refractivity contribution >= 4 is 50.5 Å². The highest BCUT2D eigenvalue weighted by molar-refractivity contribution is 7.80. The number of hydrogen-bond acceptors (Lipinski definition) is 5. The van der Waals surface area contributed by atoms with E-state index in [2.05, 4.69) is 15.6 Å². The molecule has 144 valence electrons. The number of anilines is 1. The van der Waals surface area contributed by atoms with Gasteiger partial charge in [0.25, 0.3) is 5.91 Å². The Hall–Kier alpha value is -3.29. The van der Waals surface area contributed by atoms with Crippen LogP contribution >= 0.6 is 23.6 Å². The van der Waals surface area contributed by atoms with Crippen LogP contribution in [-0.4, -0.2) is 16.0 Å². The minimum Gasteiger partial charge on any atom is -0.489 e. The lowest BCUT2D eigenvalue weighted by Crippen LogP contribution is -2.34. The molecule has 0 aliphatic carbocycles. The van der Waals surface area contributed by atoms with E-state index in [0.29, 0.717) is 17.4 Å². The maximum atomic E-state index is 12.4. The zero-order valence-corrected chi connectivity index (χ0v) is 16.9. The van der Waals surface area contributed by atoms with Gasteiger partial charge in [-0.2, -0.15) is 0 Å². The number of carbonyl (C=O) groups excluding carboxylic acids is 1. The zero-order valence-electron chi connectivity index (χ0n) is 15.3. The molecule has 0 saturated carbocycles. The molecule has 3 aromatic carbocycles. The van der Waals surface area contributed by atoms with Crippen molar-refractivity contribution in [1.82, 2.24) is 10.3 Å². The summed E-state index contributed by atoms with van der Waals surface area (Å²) in [6, 6.07) is 25.0. The molecular formula is C22H17N3O2S2. The van der Waals surface area contributed by atoms with Gasteiger partial charge in [0.1, 0.15) is 12.4 Å². The van der Waals surface area contributed by atoms with Crippen molar-refractivity contribution in [2.75, 3.05) is 5.32 Å². The van der Waals surface area contributed by atoms with Gasteiger partial charge in [0.2, 0.25) is 0 Å². The standard InChI is InChI=1S/C22H17N3O2S2/c26-20(21-24-18-11-4-5-12-19(18)29-21)25-22(28)23-16-9-6-10-17(13-16)27-14-15-7-2-1-3-8-15/h1-13H,14H2,(H2,23,25,26,28). The second-order valence-electron chi connectivity index (χ2n) is 6.20. The average molecular weight is 420 g/mol. The molecule has 1 aromatic heterocycles. The fourth-order valence-corrected chi connectivity index (χ4v) is 3.76. The molecule has 1 heterocycles. The summed E-state index contributed by atoms with van der Waals surface area (Å²) >= 11 is 6.60. The third-order valence-electron chi connectivity index (χ3n) is 4.06. The minimum absolute atomic E-state index is 0.203. The molecular weight excluding hydrogens is 402 g/mol. The molecule has 7 heteroatoms. The number of fused-ring (bicyclic) bond motifs is 1. The lowest BCUT2D eigenvalue weighted by Gasteiger charge is -2.11. The molecule has 0 aliphatic rings. The van der Waals surface area contributed by atoms with Crippen LogP contribution in [0.1, 0.15) is 15.4 Å². The Balaban J connectivity index is 1.36. The highest BCUT2D eigenvalue weighted by Crippen LogP contribution is 2.22. The summed E-state index contributed by atoms with van der Waals surface area (Å²) in [6.45, 7) is 0.475. The van der Waals surface area contributed by atoms with Crippen molar-refractivity contribution in [3.8, 4) is 5.75 Å². The van der Waals surface area contributed by atoms with E-state index in [1.54, 1.807) is 0 Å². The summed E-state index contributed by atoms with van der Waals surface area (Å²) in [5.74, 6) is 0.374. The van der Waals surface area contributed by atoms with Gasteiger partial charge < -0.3 is 10.1 Å². The number of nitrogens with one attached hydrogen (secondary N) is 2. The lowest BCUT2D eigenvalue weighted by molar-refractivity contribution is 0.0977. The first-order valence-corrected chi connectivity index (χ1v) is 10.1. The van der Waals surface area contributed by atoms with Crippen molar-refractivity contribution in [2.45, 2.75) is 6.61 Å². The van der Waals surface area contributed by atoms with Crippen molar-refractivity contribution < 1.29 is 9.53 Å². The molecule has 0 atom stereocenters. The number of rotatable bonds is 5. The first-order valence-electron chi connectivity index (χ1n) is 8.92. The highest BCUT2D eigenvalue weighted by Gasteiger charge is 2.13. The number of nitrogens with zero attached hydrogens (tertiary/aromatic N) is 1. The predicted octanol–water partition coefficient (Wildman–Crippen LogP) is 5.00. The topological polar surface area (TPSA) is 63.2 Å². The van der Waals surface area contributed by atoms with Crippen molar-refractivity contribution in [3.05, 3.63) is 89.4 Å². The molecule has 29 heavy (non-hydrogen) atoms. The maximum Gasteiger partial charge on any atom is 0.286 e. The van der Waals surface area contributed by atoms with Crippen LogP contribution in [0.3, 0.4) is 0 Å². The van der Waals surface area contributed by atoms with Gasteiger partial charge in [0.15, 0.2) is 10.1 Å². The van der Waals surface area contributed by atoms with Crippen LogP contribution in [-0.2, 0) is 6.61 Å². The molecule has 4 aromatic rings. The summed E-state index contributed by atoms with van der Waals surface area (Å²) in [6.07, 6.45) is 0. The minimum atomic E-state index is -0.333. The molecule has 0 fully saturated rings. The number of aromatic nitrogens is 1. The van der Waals surface area contributed by atoms with Gasteiger partial charge in [-0.3, -0.25) is 10.1 Å². The van der Waals surface area contributed by atoms with Crippen molar-refractivity contribution in [3.63, 3.8) is 0 Å². The number of benzene rings is 3. The highest BCUT2D eigenvalue weighted by atomic mass is 32.1. The summed E-state index contributed by atoms with van der Waals surface area (Å²) in [5, 5.41) is 6.26. The predicted molar refractivity (Wildman–Crippen MR) is 121 cm³/mol. The van der Waals surface area contributed by atoms with E-state index in [0.717, 1.165) is 21.5 Å². The number of para-hydroxylation sites is 1. The molecule has 4 rings (SSSR count). The number of carbonyl (C=O) groups is 1. The Morgan fingerprint density at radius 2 is 1.79 bits per heavy atom. The normalized spacial score (nSPS) is 10.5. The third kappa shape index (κ3) is 4.96. The van der Waals surface area contributed by atoms with Crippen LogP contribution < -0.4 is 15.4 Å². The second kappa shape index (κ2) is 8.81. The number of amides is 1. The molecule has 0 spiro atoms. The number of hydrogen-bond donors (Lipinski definition) is 2. The van der Waals surface area contributed by atoms with Gasteiger partial charge in [0, 0.05) is 11.8 Å². The van der Waals surface area contributed by atoms with Crippen molar-refractivity contribution in [2.24, 2.45) is 0 Å². The van der Waals surface area contributed by atoms with Gasteiger partial charge in [-0.25, -0.2) is 4.98 Å². The van der Waals surface area contributed by atoms with E-state index >= 15 is 0 Å². The lowest BCUT2D eigenvalue weighted by atomic mass is 10.2. The zero-order chi connectivity index (χ0) is 20.1. The van der Waals surface area contributed by atoms with Crippen LogP contribution in [0.25, 0.3) is 10.2 Å². The second-order valence-corrected chi connectivity index (χ2v) is 7.64. The van der Waals surface area contributed by atoms with Gasteiger partial charge >= 0.3 is 0 Å². The molecule has 1 amide bonds. The van der Waals surface area contributed by atoms with E-state index in [1.165, 1.54) is 11.3 Å². The Morgan fingerprint density at radius 3 is 2.62 bits per heavy atom. The van der Waals surface area contributed by atoms with Crippen LogP contribution in [0, 0.1) is 0 Å². The van der Waals surface area contributed by atoms with Crippen LogP contribution in [0.4, 0.5) is 5.69 Å². The first-order chi connectivity index (χ1) is 14.2. The van der Waals surface area contributed by atoms with Crippen LogP contribution in [0.15, 0.2) is 78.9 Å². The monoisotopic (exact) mass is 419 g/mol. The third-order valence-corrected chi connectivity index (χ3v) is 5.29. The van der Waals surface area contributed by atoms with E-state index in [9.17, 15) is 4.79 Å². The molecule has 2 N–H and O–H groups in total. The fourth-order valence-electron chi connectivity index (χ4n) is 2.69. The smallest absolute Gasteiger partial charge is 0.286 e. The summed E-state index contributed by atoms with van der Waals surface area (Å²) in [5.41, 5.74) is 2.61. The van der Waals surface area contributed by atoms with E-state index < -0.39 is 0 Å². The number of thiazole rings is 1. The fraction of sp³-hybridized carbons (Fsp3) is 0.0455. The molecule has 0 aliphatic heterocycles. The molecule has 5 nitrogen and oxygen atoms in total. The Bertz CT molecular complexity index is 1130. The Labute approximate surface area is 177 Å². The molecule has 0 saturated heterocycles. The van der Waals surface area contributed by atoms with E-state index in [-0.39, 0.29) is 11.0 Å². The Kier molecular flexibility index (Phi) is 5.79. The van der Waals surface area contributed by atoms with Gasteiger partial charge in [0.05, 0.1) is 10.2 Å². The number of ether oxygens (including phenoxy) is 1.